The lowest BCUT2D eigenvalue weighted by Crippen LogP contribution is -2.26. The Balaban J connectivity index is 1.52. The second kappa shape index (κ2) is 9.74. The Morgan fingerprint density at radius 2 is 2.00 bits per heavy atom. The molecule has 0 unspecified atom stereocenters. The highest BCUT2D eigenvalue weighted by Crippen LogP contribution is 2.20. The van der Waals surface area contributed by atoms with Gasteiger partial charge in [-0.15, -0.1) is 0 Å². The molecule has 0 radical (unpaired) electrons. The quantitative estimate of drug-likeness (QED) is 0.406. The average molecular weight is 438 g/mol. The van der Waals surface area contributed by atoms with E-state index in [2.05, 4.69) is 21.4 Å². The Hall–Kier alpha value is -3.52. The van der Waals surface area contributed by atoms with Crippen LogP contribution in [-0.4, -0.2) is 33.9 Å². The maximum Gasteiger partial charge on any atom is 0.273 e. The molecule has 6 nitrogen and oxygen atoms in total. The molecule has 1 amide bonds. The zero-order valence-electron chi connectivity index (χ0n) is 17.7. The molecule has 0 spiro atoms. The van der Waals surface area contributed by atoms with Gasteiger partial charge in [-0.25, -0.2) is 13.8 Å². The van der Waals surface area contributed by atoms with Crippen molar-refractivity contribution in [2.45, 2.75) is 26.4 Å². The summed E-state index contributed by atoms with van der Waals surface area (Å²) in [5, 5.41) is 3.81. The van der Waals surface area contributed by atoms with Crippen LogP contribution in [0, 0.1) is 11.6 Å². The molecule has 2 aromatic heterocycles. The first-order valence-corrected chi connectivity index (χ1v) is 10.5. The fourth-order valence-corrected chi connectivity index (χ4v) is 3.65. The molecule has 4 aromatic rings. The molecule has 4 rings (SSSR count). The van der Waals surface area contributed by atoms with E-state index in [1.165, 1.54) is 18.4 Å². The smallest absolute Gasteiger partial charge is 0.273 e. The molecular formula is C24H24F2N4O2. The van der Waals surface area contributed by atoms with Crippen molar-refractivity contribution in [1.82, 2.24) is 20.2 Å². The van der Waals surface area contributed by atoms with Crippen molar-refractivity contribution in [3.05, 3.63) is 89.3 Å². The van der Waals surface area contributed by atoms with E-state index < -0.39 is 11.6 Å². The molecule has 2 aromatic carbocycles. The third-order valence-corrected chi connectivity index (χ3v) is 5.26. The zero-order valence-corrected chi connectivity index (χ0v) is 17.7. The fourth-order valence-electron chi connectivity index (χ4n) is 3.65. The van der Waals surface area contributed by atoms with Crippen LogP contribution >= 0.6 is 0 Å². The highest BCUT2D eigenvalue weighted by Gasteiger charge is 2.17. The Morgan fingerprint density at radius 3 is 2.81 bits per heavy atom. The number of hydrogen-bond acceptors (Lipinski definition) is 4. The standard InChI is InChI=1S/C24H24F2N4O2/c1-2-27-24(31)22-15-32-23(29-22)14-30(13-17-7-8-18(25)11-20(17)26)10-9-16-12-28-21-6-4-3-5-19(16)21/h3-8,11-12,15,28H,2,9-10,13-14H2,1H3,(H,27,31). The van der Waals surface area contributed by atoms with Crippen LogP contribution in [0.3, 0.4) is 0 Å². The summed E-state index contributed by atoms with van der Waals surface area (Å²) in [6.45, 7) is 3.41. The van der Waals surface area contributed by atoms with Gasteiger partial charge in [0.15, 0.2) is 5.69 Å². The van der Waals surface area contributed by atoms with Crippen LogP contribution in [0.5, 0.6) is 0 Å². The number of fused-ring (bicyclic) bond motifs is 1. The summed E-state index contributed by atoms with van der Waals surface area (Å²) in [7, 11) is 0. The van der Waals surface area contributed by atoms with Crippen molar-refractivity contribution in [3.8, 4) is 0 Å². The molecule has 0 aliphatic rings. The number of nitrogens with one attached hydrogen (secondary N) is 2. The van der Waals surface area contributed by atoms with E-state index in [0.29, 0.717) is 31.0 Å². The van der Waals surface area contributed by atoms with Gasteiger partial charge in [0.25, 0.3) is 5.91 Å². The molecule has 0 saturated carbocycles. The number of halogens is 2. The Morgan fingerprint density at radius 1 is 1.16 bits per heavy atom. The van der Waals surface area contributed by atoms with Crippen molar-refractivity contribution in [2.24, 2.45) is 0 Å². The van der Waals surface area contributed by atoms with E-state index in [1.807, 2.05) is 36.2 Å². The van der Waals surface area contributed by atoms with E-state index in [-0.39, 0.29) is 24.7 Å². The predicted molar refractivity (Wildman–Crippen MR) is 117 cm³/mol. The van der Waals surface area contributed by atoms with Gasteiger partial charge in [0, 0.05) is 48.4 Å². The Bertz CT molecular complexity index is 1220. The molecule has 2 heterocycles. The number of carbonyl (C=O) groups excluding carboxylic acids is 1. The van der Waals surface area contributed by atoms with Crippen LogP contribution in [0.1, 0.15) is 34.4 Å². The van der Waals surface area contributed by atoms with Crippen LogP contribution in [0.15, 0.2) is 59.3 Å². The van der Waals surface area contributed by atoms with Gasteiger partial charge in [-0.2, -0.15) is 0 Å². The van der Waals surface area contributed by atoms with Crippen LogP contribution in [0.4, 0.5) is 8.78 Å². The highest BCUT2D eigenvalue weighted by atomic mass is 19.1. The first-order chi connectivity index (χ1) is 15.5. The largest absolute Gasteiger partial charge is 0.447 e. The normalized spacial score (nSPS) is 11.4. The van der Waals surface area contributed by atoms with E-state index in [1.54, 1.807) is 0 Å². The summed E-state index contributed by atoms with van der Waals surface area (Å²) >= 11 is 0. The monoisotopic (exact) mass is 438 g/mol. The molecule has 0 aliphatic heterocycles. The van der Waals surface area contributed by atoms with Crippen LogP contribution in [-0.2, 0) is 19.5 Å². The second-order valence-corrected chi connectivity index (χ2v) is 7.54. The van der Waals surface area contributed by atoms with Crippen LogP contribution in [0.2, 0.25) is 0 Å². The number of aromatic amines is 1. The third-order valence-electron chi connectivity index (χ3n) is 5.26. The van der Waals surface area contributed by atoms with Gasteiger partial charge in [-0.1, -0.05) is 24.3 Å². The molecule has 0 bridgehead atoms. The first kappa shape index (κ1) is 21.7. The van der Waals surface area contributed by atoms with E-state index in [4.69, 9.17) is 4.42 Å². The van der Waals surface area contributed by atoms with Gasteiger partial charge in [0.1, 0.15) is 17.9 Å². The average Bonchev–Trinajstić information content (AvgIpc) is 3.41. The number of carbonyl (C=O) groups is 1. The number of H-pyrrole nitrogens is 1. The summed E-state index contributed by atoms with van der Waals surface area (Å²) in [6, 6.07) is 11.6. The SMILES string of the molecule is CCNC(=O)c1coc(CN(CCc2c[nH]c3ccccc23)Cc2ccc(F)cc2F)n1. The Kier molecular flexibility index (Phi) is 6.61. The topological polar surface area (TPSA) is 74.2 Å². The van der Waals surface area contributed by atoms with Crippen LogP contribution < -0.4 is 5.32 Å². The molecule has 32 heavy (non-hydrogen) atoms. The molecule has 166 valence electrons. The summed E-state index contributed by atoms with van der Waals surface area (Å²) in [5.41, 5.74) is 2.77. The van der Waals surface area contributed by atoms with Crippen molar-refractivity contribution >= 4 is 16.8 Å². The van der Waals surface area contributed by atoms with Gasteiger partial charge in [0.2, 0.25) is 5.89 Å². The first-order valence-electron chi connectivity index (χ1n) is 10.5. The third kappa shape index (κ3) is 5.03. The van der Waals surface area contributed by atoms with Crippen molar-refractivity contribution in [3.63, 3.8) is 0 Å². The number of para-hydroxylation sites is 1. The number of amides is 1. The van der Waals surface area contributed by atoms with Gasteiger partial charge in [0.05, 0.1) is 6.54 Å². The summed E-state index contributed by atoms with van der Waals surface area (Å²) < 4.78 is 33.1. The molecule has 0 atom stereocenters. The van der Waals surface area contributed by atoms with E-state index in [9.17, 15) is 13.6 Å². The molecular weight excluding hydrogens is 414 g/mol. The lowest BCUT2D eigenvalue weighted by atomic mass is 10.1. The summed E-state index contributed by atoms with van der Waals surface area (Å²) in [5.74, 6) is -1.17. The van der Waals surface area contributed by atoms with Gasteiger partial charge in [-0.3, -0.25) is 9.69 Å². The molecule has 0 fully saturated rings. The molecule has 0 aliphatic carbocycles. The number of rotatable bonds is 9. The summed E-state index contributed by atoms with van der Waals surface area (Å²) in [6.07, 6.45) is 3.99. The minimum atomic E-state index is -0.615. The lowest BCUT2D eigenvalue weighted by Gasteiger charge is -2.21. The zero-order chi connectivity index (χ0) is 22.5. The van der Waals surface area contributed by atoms with Gasteiger partial charge in [-0.05, 0) is 31.0 Å². The maximum absolute atomic E-state index is 14.3. The highest BCUT2D eigenvalue weighted by molar-refractivity contribution is 5.91. The number of nitrogens with zero attached hydrogens (tertiary/aromatic N) is 2. The van der Waals surface area contributed by atoms with E-state index in [0.717, 1.165) is 22.5 Å². The van der Waals surface area contributed by atoms with Crippen LogP contribution in [0.25, 0.3) is 10.9 Å². The predicted octanol–water partition coefficient (Wildman–Crippen LogP) is 4.43. The number of aromatic nitrogens is 2. The van der Waals surface area contributed by atoms with Crippen molar-refractivity contribution in [1.29, 1.82) is 0 Å². The lowest BCUT2D eigenvalue weighted by molar-refractivity contribution is 0.0950. The summed E-state index contributed by atoms with van der Waals surface area (Å²) in [4.78, 5) is 21.5. The molecule has 0 saturated heterocycles. The molecule has 2 N–H and O–H groups in total. The number of oxazole rings is 1. The Labute approximate surface area is 184 Å². The van der Waals surface area contributed by atoms with Gasteiger partial charge >= 0.3 is 0 Å². The second-order valence-electron chi connectivity index (χ2n) is 7.54. The maximum atomic E-state index is 14.3. The van der Waals surface area contributed by atoms with Gasteiger partial charge < -0.3 is 14.7 Å². The minimum absolute atomic E-state index is 0.200. The number of hydrogen-bond donors (Lipinski definition) is 2. The minimum Gasteiger partial charge on any atom is -0.447 e. The molecule has 8 heteroatoms. The number of benzene rings is 2. The van der Waals surface area contributed by atoms with Crippen molar-refractivity contribution in [2.75, 3.05) is 13.1 Å². The fraction of sp³-hybridized carbons (Fsp3) is 0.250. The van der Waals surface area contributed by atoms with Crippen molar-refractivity contribution < 1.29 is 18.0 Å². The van der Waals surface area contributed by atoms with E-state index >= 15 is 0 Å².